The molecule has 5 heteroatoms. The zero-order chi connectivity index (χ0) is 14.8. The average molecular weight is 274 g/mol. The zero-order valence-corrected chi connectivity index (χ0v) is 12.1. The van der Waals surface area contributed by atoms with E-state index >= 15 is 0 Å². The van der Waals surface area contributed by atoms with Crippen molar-refractivity contribution in [3.05, 3.63) is 54.9 Å². The molecule has 0 fully saturated rings. The predicted octanol–water partition coefficient (Wildman–Crippen LogP) is 1.79. The predicted molar refractivity (Wildman–Crippen MR) is 86.5 cm³/mol. The molecule has 0 aliphatic carbocycles. The molecule has 0 aliphatic heterocycles. The monoisotopic (exact) mass is 274 g/mol. The van der Waals surface area contributed by atoms with E-state index in [4.69, 9.17) is 7.85 Å². The normalized spacial score (nSPS) is 10.6. The van der Waals surface area contributed by atoms with Gasteiger partial charge in [0.25, 0.3) is 0 Å². The van der Waals surface area contributed by atoms with Crippen LogP contribution in [0.1, 0.15) is 0 Å². The summed E-state index contributed by atoms with van der Waals surface area (Å²) >= 11 is 0. The van der Waals surface area contributed by atoms with Gasteiger partial charge in [0.15, 0.2) is 5.82 Å². The SMILES string of the molecule is [B]c1ccc(-n2cnc(-c3ccc(N(C)C)cc3)n2)cc1. The average Bonchev–Trinajstić information content (AvgIpc) is 2.98. The Hall–Kier alpha value is -2.56. The Morgan fingerprint density at radius 2 is 1.62 bits per heavy atom. The lowest BCUT2D eigenvalue weighted by molar-refractivity contribution is 0.882. The first-order chi connectivity index (χ1) is 10.1. The second-order valence-electron chi connectivity index (χ2n) is 5.05. The quantitative estimate of drug-likeness (QED) is 0.683. The van der Waals surface area contributed by atoms with Crippen molar-refractivity contribution in [2.45, 2.75) is 0 Å². The highest BCUT2D eigenvalue weighted by Gasteiger charge is 2.06. The first-order valence-electron chi connectivity index (χ1n) is 6.69. The van der Waals surface area contributed by atoms with E-state index in [-0.39, 0.29) is 0 Å². The van der Waals surface area contributed by atoms with Gasteiger partial charge in [-0.05, 0) is 36.4 Å². The summed E-state index contributed by atoms with van der Waals surface area (Å²) in [7, 11) is 9.72. The third-order valence-corrected chi connectivity index (χ3v) is 3.29. The minimum atomic E-state index is 0.706. The number of anilines is 1. The zero-order valence-electron chi connectivity index (χ0n) is 12.1. The van der Waals surface area contributed by atoms with E-state index in [2.05, 4.69) is 27.1 Å². The summed E-state index contributed by atoms with van der Waals surface area (Å²) < 4.78 is 1.74. The molecule has 1 aromatic heterocycles. The van der Waals surface area contributed by atoms with Crippen molar-refractivity contribution in [1.82, 2.24) is 14.8 Å². The standard InChI is InChI=1S/C16H15BN4/c1-20(2)14-7-3-12(4-8-14)16-18-11-21(19-16)15-9-5-13(17)6-10-15/h3-11H,1-2H3. The van der Waals surface area contributed by atoms with Gasteiger partial charge in [0.2, 0.25) is 0 Å². The van der Waals surface area contributed by atoms with Crippen molar-refractivity contribution >= 4 is 19.0 Å². The Morgan fingerprint density at radius 1 is 0.952 bits per heavy atom. The lowest BCUT2D eigenvalue weighted by Crippen LogP contribution is -2.07. The Labute approximate surface area is 125 Å². The lowest BCUT2D eigenvalue weighted by Gasteiger charge is -2.11. The molecule has 0 spiro atoms. The summed E-state index contributed by atoms with van der Waals surface area (Å²) in [5.74, 6) is 0.706. The maximum absolute atomic E-state index is 5.69. The molecular formula is C16H15BN4. The van der Waals surface area contributed by atoms with Gasteiger partial charge in [0.05, 0.1) is 5.69 Å². The van der Waals surface area contributed by atoms with E-state index in [1.807, 2.05) is 50.5 Å². The Morgan fingerprint density at radius 3 is 2.24 bits per heavy atom. The molecular weight excluding hydrogens is 259 g/mol. The number of nitrogens with zero attached hydrogens (tertiary/aromatic N) is 4. The number of benzene rings is 2. The first-order valence-corrected chi connectivity index (χ1v) is 6.69. The fraction of sp³-hybridized carbons (Fsp3) is 0.125. The van der Waals surface area contributed by atoms with E-state index in [9.17, 15) is 0 Å². The largest absolute Gasteiger partial charge is 0.378 e. The molecule has 0 bridgehead atoms. The Balaban J connectivity index is 1.89. The van der Waals surface area contributed by atoms with Crippen molar-refractivity contribution < 1.29 is 0 Å². The van der Waals surface area contributed by atoms with E-state index in [0.29, 0.717) is 5.82 Å². The summed E-state index contributed by atoms with van der Waals surface area (Å²) in [6, 6.07) is 15.7. The molecule has 0 saturated heterocycles. The maximum Gasteiger partial charge on any atom is 0.181 e. The lowest BCUT2D eigenvalue weighted by atomic mass is 9.96. The topological polar surface area (TPSA) is 34.0 Å². The van der Waals surface area contributed by atoms with Crippen LogP contribution in [-0.4, -0.2) is 36.7 Å². The van der Waals surface area contributed by atoms with Crippen LogP contribution in [0.25, 0.3) is 17.1 Å². The van der Waals surface area contributed by atoms with Gasteiger partial charge in [-0.1, -0.05) is 17.6 Å². The van der Waals surface area contributed by atoms with E-state index in [1.54, 1.807) is 11.0 Å². The fourth-order valence-electron chi connectivity index (χ4n) is 2.06. The molecule has 3 aromatic rings. The molecule has 21 heavy (non-hydrogen) atoms. The molecule has 0 aliphatic rings. The fourth-order valence-corrected chi connectivity index (χ4v) is 2.06. The number of hydrogen-bond acceptors (Lipinski definition) is 3. The van der Waals surface area contributed by atoms with Crippen molar-refractivity contribution in [3.8, 4) is 17.1 Å². The third-order valence-electron chi connectivity index (χ3n) is 3.29. The molecule has 0 atom stereocenters. The summed E-state index contributed by atoms with van der Waals surface area (Å²) in [6.07, 6.45) is 1.71. The molecule has 0 amide bonds. The molecule has 0 unspecified atom stereocenters. The van der Waals surface area contributed by atoms with Crippen LogP contribution in [0.5, 0.6) is 0 Å². The van der Waals surface area contributed by atoms with Crippen LogP contribution in [0, 0.1) is 0 Å². The van der Waals surface area contributed by atoms with Crippen LogP contribution in [-0.2, 0) is 0 Å². The number of hydrogen-bond donors (Lipinski definition) is 0. The van der Waals surface area contributed by atoms with Gasteiger partial charge in [-0.2, -0.15) is 0 Å². The van der Waals surface area contributed by atoms with Gasteiger partial charge in [-0.15, -0.1) is 5.10 Å². The van der Waals surface area contributed by atoms with Gasteiger partial charge in [0, 0.05) is 25.3 Å². The third kappa shape index (κ3) is 2.82. The van der Waals surface area contributed by atoms with E-state index in [0.717, 1.165) is 22.4 Å². The van der Waals surface area contributed by atoms with Crippen molar-refractivity contribution in [3.63, 3.8) is 0 Å². The summed E-state index contributed by atoms with van der Waals surface area (Å²) in [5, 5.41) is 4.51. The number of rotatable bonds is 3. The van der Waals surface area contributed by atoms with Crippen molar-refractivity contribution in [1.29, 1.82) is 0 Å². The maximum atomic E-state index is 5.69. The molecule has 2 radical (unpaired) electrons. The van der Waals surface area contributed by atoms with Gasteiger partial charge in [-0.25, -0.2) is 9.67 Å². The van der Waals surface area contributed by atoms with Crippen molar-refractivity contribution in [2.24, 2.45) is 0 Å². The molecule has 102 valence electrons. The highest BCUT2D eigenvalue weighted by molar-refractivity contribution is 6.32. The van der Waals surface area contributed by atoms with Crippen LogP contribution < -0.4 is 10.4 Å². The van der Waals surface area contributed by atoms with Gasteiger partial charge >= 0.3 is 0 Å². The molecule has 0 N–H and O–H groups in total. The highest BCUT2D eigenvalue weighted by Crippen LogP contribution is 2.19. The van der Waals surface area contributed by atoms with Crippen LogP contribution in [0.2, 0.25) is 0 Å². The van der Waals surface area contributed by atoms with E-state index < -0.39 is 0 Å². The van der Waals surface area contributed by atoms with Gasteiger partial charge < -0.3 is 4.90 Å². The Kier molecular flexibility index (Phi) is 3.48. The second-order valence-corrected chi connectivity index (χ2v) is 5.05. The van der Waals surface area contributed by atoms with Crippen molar-refractivity contribution in [2.75, 3.05) is 19.0 Å². The van der Waals surface area contributed by atoms with Crippen LogP contribution >= 0.6 is 0 Å². The minimum absolute atomic E-state index is 0.706. The molecule has 0 saturated carbocycles. The smallest absolute Gasteiger partial charge is 0.181 e. The van der Waals surface area contributed by atoms with Crippen LogP contribution in [0.4, 0.5) is 5.69 Å². The molecule has 4 nitrogen and oxygen atoms in total. The Bertz CT molecular complexity index is 730. The van der Waals surface area contributed by atoms with Crippen LogP contribution in [0.3, 0.4) is 0 Å². The second kappa shape index (κ2) is 5.44. The summed E-state index contributed by atoms with van der Waals surface area (Å²) in [6.45, 7) is 0. The summed E-state index contributed by atoms with van der Waals surface area (Å²) in [5.41, 5.74) is 3.82. The molecule has 3 rings (SSSR count). The first kappa shape index (κ1) is 13.4. The van der Waals surface area contributed by atoms with Gasteiger partial charge in [0.1, 0.15) is 14.2 Å². The van der Waals surface area contributed by atoms with Gasteiger partial charge in [-0.3, -0.25) is 0 Å². The highest BCUT2D eigenvalue weighted by atomic mass is 15.3. The molecule has 2 aromatic carbocycles. The van der Waals surface area contributed by atoms with E-state index in [1.165, 1.54) is 0 Å². The number of aromatic nitrogens is 3. The molecule has 1 heterocycles. The summed E-state index contributed by atoms with van der Waals surface area (Å²) in [4.78, 5) is 6.43. The minimum Gasteiger partial charge on any atom is -0.378 e. The van der Waals surface area contributed by atoms with Crippen LogP contribution in [0.15, 0.2) is 54.9 Å².